The molecule has 1 N–H and O–H groups in total. The maximum absolute atomic E-state index is 13.4. The molecule has 1 aromatic carbocycles. The van der Waals surface area contributed by atoms with Crippen molar-refractivity contribution in [2.45, 2.75) is 25.2 Å². The molecule has 3 aromatic rings. The molecule has 0 radical (unpaired) electrons. The number of halogens is 2. The third kappa shape index (κ3) is 2.88. The number of amides is 1. The molecule has 0 unspecified atom stereocenters. The molecule has 0 atom stereocenters. The molecule has 8 heteroatoms. The first-order valence-corrected chi connectivity index (χ1v) is 8.06. The van der Waals surface area contributed by atoms with Crippen molar-refractivity contribution in [2.75, 3.05) is 5.32 Å². The monoisotopic (exact) mass is 353 g/mol. The molecule has 0 aliphatic heterocycles. The number of fused-ring (bicyclic) bond motifs is 1. The summed E-state index contributed by atoms with van der Waals surface area (Å²) in [4.78, 5) is 16.8. The second-order valence-corrected chi connectivity index (χ2v) is 6.09. The average Bonchev–Trinajstić information content (AvgIpc) is 3.39. The smallest absolute Gasteiger partial charge is 0.280 e. The van der Waals surface area contributed by atoms with Gasteiger partial charge in [0.2, 0.25) is 0 Å². The van der Waals surface area contributed by atoms with Gasteiger partial charge in [-0.1, -0.05) is 12.1 Å². The Morgan fingerprint density at radius 1 is 1.31 bits per heavy atom. The minimum absolute atomic E-state index is 0.0416. The molecule has 2 heterocycles. The van der Waals surface area contributed by atoms with Gasteiger partial charge < -0.3 is 5.32 Å². The molecule has 130 valence electrons. The highest BCUT2D eigenvalue weighted by Crippen LogP contribution is 2.40. The number of carbonyl (C=O) groups excluding carboxylic acids is 1. The summed E-state index contributed by atoms with van der Waals surface area (Å²) in [5.41, 5.74) is 1.12. The lowest BCUT2D eigenvalue weighted by Crippen LogP contribution is -2.14. The summed E-state index contributed by atoms with van der Waals surface area (Å²) in [6, 6.07) is 11.2. The predicted molar refractivity (Wildman–Crippen MR) is 89.0 cm³/mol. The fraction of sp³-hybridized carbons (Fsp3) is 0.222. The number of nitriles is 1. The minimum Gasteiger partial charge on any atom is -0.319 e. The summed E-state index contributed by atoms with van der Waals surface area (Å²) in [6.07, 6.45) is -0.871. The summed E-state index contributed by atoms with van der Waals surface area (Å²) in [7, 11) is 0. The van der Waals surface area contributed by atoms with E-state index >= 15 is 0 Å². The standard InChI is InChI=1S/C18H13F2N5O/c19-17(20)15-7-13(10-5-6-10)22-16-8-14(24-25(15)16)18(26)23-12-4-2-1-3-11(12)9-21/h1-4,7-8,10,17H,5-6H2,(H,23,26). The van der Waals surface area contributed by atoms with Crippen molar-refractivity contribution in [2.24, 2.45) is 0 Å². The molecule has 6 nitrogen and oxygen atoms in total. The Kier molecular flexibility index (Phi) is 3.84. The van der Waals surface area contributed by atoms with Gasteiger partial charge in [0, 0.05) is 17.7 Å². The van der Waals surface area contributed by atoms with E-state index in [1.807, 2.05) is 6.07 Å². The van der Waals surface area contributed by atoms with Crippen LogP contribution in [-0.4, -0.2) is 20.5 Å². The van der Waals surface area contributed by atoms with Crippen molar-refractivity contribution in [1.29, 1.82) is 5.26 Å². The van der Waals surface area contributed by atoms with Crippen molar-refractivity contribution >= 4 is 17.2 Å². The molecule has 26 heavy (non-hydrogen) atoms. The van der Waals surface area contributed by atoms with Gasteiger partial charge in [0.1, 0.15) is 11.8 Å². The molecule has 1 amide bonds. The number of nitrogens with zero attached hydrogens (tertiary/aromatic N) is 4. The molecule has 1 aliphatic carbocycles. The number of anilines is 1. The van der Waals surface area contributed by atoms with Gasteiger partial charge in [-0.2, -0.15) is 10.4 Å². The van der Waals surface area contributed by atoms with E-state index in [0.717, 1.165) is 17.4 Å². The summed E-state index contributed by atoms with van der Waals surface area (Å²) >= 11 is 0. The van der Waals surface area contributed by atoms with Crippen LogP contribution in [-0.2, 0) is 0 Å². The highest BCUT2D eigenvalue weighted by atomic mass is 19.3. The van der Waals surface area contributed by atoms with Gasteiger partial charge in [-0.3, -0.25) is 4.79 Å². The Balaban J connectivity index is 1.71. The number of rotatable bonds is 4. The zero-order valence-corrected chi connectivity index (χ0v) is 13.5. The van der Waals surface area contributed by atoms with E-state index in [1.165, 1.54) is 12.1 Å². The van der Waals surface area contributed by atoms with Crippen LogP contribution in [0.1, 0.15) is 52.6 Å². The van der Waals surface area contributed by atoms with Gasteiger partial charge in [0.05, 0.1) is 11.3 Å². The van der Waals surface area contributed by atoms with E-state index < -0.39 is 12.3 Å². The van der Waals surface area contributed by atoms with Crippen LogP contribution in [0, 0.1) is 11.3 Å². The van der Waals surface area contributed by atoms with Crippen LogP contribution in [0.4, 0.5) is 14.5 Å². The Labute approximate surface area is 147 Å². The molecule has 1 aliphatic rings. The molecule has 0 spiro atoms. The van der Waals surface area contributed by atoms with Crippen molar-refractivity contribution in [3.8, 4) is 6.07 Å². The van der Waals surface area contributed by atoms with Crippen molar-refractivity contribution < 1.29 is 13.6 Å². The van der Waals surface area contributed by atoms with Crippen LogP contribution >= 0.6 is 0 Å². The van der Waals surface area contributed by atoms with Gasteiger partial charge in [-0.05, 0) is 31.0 Å². The SMILES string of the molecule is N#Cc1ccccc1NC(=O)c1cc2nc(C3CC3)cc(C(F)F)n2n1. The number of hydrogen-bond donors (Lipinski definition) is 1. The zero-order valence-electron chi connectivity index (χ0n) is 13.5. The quantitative estimate of drug-likeness (QED) is 0.776. The van der Waals surface area contributed by atoms with Crippen molar-refractivity contribution in [1.82, 2.24) is 14.6 Å². The summed E-state index contributed by atoms with van der Waals surface area (Å²) in [5, 5.41) is 15.7. The van der Waals surface area contributed by atoms with Crippen LogP contribution in [0.5, 0.6) is 0 Å². The largest absolute Gasteiger partial charge is 0.319 e. The molecule has 1 fully saturated rings. The van der Waals surface area contributed by atoms with Crippen LogP contribution in [0.2, 0.25) is 0 Å². The van der Waals surface area contributed by atoms with E-state index in [-0.39, 0.29) is 23.0 Å². The molecule has 0 bridgehead atoms. The Morgan fingerprint density at radius 3 is 2.77 bits per heavy atom. The van der Waals surface area contributed by atoms with E-state index in [2.05, 4.69) is 15.4 Å². The van der Waals surface area contributed by atoms with E-state index in [4.69, 9.17) is 5.26 Å². The van der Waals surface area contributed by atoms with Gasteiger partial charge in [0.25, 0.3) is 12.3 Å². The van der Waals surface area contributed by atoms with Gasteiger partial charge in [-0.25, -0.2) is 18.3 Å². The topological polar surface area (TPSA) is 83.1 Å². The Hall–Kier alpha value is -3.34. The van der Waals surface area contributed by atoms with E-state index in [0.29, 0.717) is 16.9 Å². The number of nitrogens with one attached hydrogen (secondary N) is 1. The van der Waals surface area contributed by atoms with Gasteiger partial charge in [-0.15, -0.1) is 0 Å². The van der Waals surface area contributed by atoms with Crippen molar-refractivity contribution in [3.63, 3.8) is 0 Å². The van der Waals surface area contributed by atoms with Gasteiger partial charge >= 0.3 is 0 Å². The Morgan fingerprint density at radius 2 is 2.08 bits per heavy atom. The molecular weight excluding hydrogens is 340 g/mol. The number of carbonyl (C=O) groups is 1. The lowest BCUT2D eigenvalue weighted by Gasteiger charge is -2.06. The Bertz CT molecular complexity index is 1050. The van der Waals surface area contributed by atoms with Crippen molar-refractivity contribution in [3.05, 3.63) is 59.0 Å². The number of aromatic nitrogens is 3. The summed E-state index contributed by atoms with van der Waals surface area (Å²) in [5.74, 6) is -0.390. The fourth-order valence-electron chi connectivity index (χ4n) is 2.75. The first-order valence-electron chi connectivity index (χ1n) is 8.06. The molecule has 2 aromatic heterocycles. The second-order valence-electron chi connectivity index (χ2n) is 6.09. The van der Waals surface area contributed by atoms with Crippen LogP contribution in [0.15, 0.2) is 36.4 Å². The second kappa shape index (κ2) is 6.19. The highest BCUT2D eigenvalue weighted by molar-refractivity contribution is 6.04. The lowest BCUT2D eigenvalue weighted by atomic mass is 10.2. The minimum atomic E-state index is -2.73. The fourth-order valence-corrected chi connectivity index (χ4v) is 2.75. The zero-order chi connectivity index (χ0) is 18.3. The maximum Gasteiger partial charge on any atom is 0.280 e. The number of hydrogen-bond acceptors (Lipinski definition) is 4. The first-order chi connectivity index (χ1) is 12.6. The third-order valence-corrected chi connectivity index (χ3v) is 4.22. The maximum atomic E-state index is 13.4. The molecular formula is C18H13F2N5O. The summed E-state index contributed by atoms with van der Waals surface area (Å²) in [6.45, 7) is 0. The van der Waals surface area contributed by atoms with Gasteiger partial charge in [0.15, 0.2) is 11.3 Å². The molecule has 1 saturated carbocycles. The predicted octanol–water partition coefficient (Wildman–Crippen LogP) is 3.67. The van der Waals surface area contributed by atoms with Crippen LogP contribution < -0.4 is 5.32 Å². The van der Waals surface area contributed by atoms with Crippen LogP contribution in [0.3, 0.4) is 0 Å². The lowest BCUT2D eigenvalue weighted by molar-refractivity contribution is 0.102. The number of benzene rings is 1. The molecule has 0 saturated heterocycles. The highest BCUT2D eigenvalue weighted by Gasteiger charge is 2.28. The molecule has 4 rings (SSSR count). The third-order valence-electron chi connectivity index (χ3n) is 4.22. The summed E-state index contributed by atoms with van der Waals surface area (Å²) < 4.78 is 27.8. The van der Waals surface area contributed by atoms with E-state index in [1.54, 1.807) is 24.3 Å². The number of alkyl halides is 2. The average molecular weight is 353 g/mol. The number of para-hydroxylation sites is 1. The van der Waals surface area contributed by atoms with E-state index in [9.17, 15) is 13.6 Å². The first kappa shape index (κ1) is 16.1. The van der Waals surface area contributed by atoms with Crippen LogP contribution in [0.25, 0.3) is 5.65 Å². The normalized spacial score (nSPS) is 13.8.